The van der Waals surface area contributed by atoms with Gasteiger partial charge in [-0.15, -0.1) is 0 Å². The third-order valence-electron chi connectivity index (χ3n) is 8.15. The van der Waals surface area contributed by atoms with Gasteiger partial charge in [0.15, 0.2) is 5.65 Å². The van der Waals surface area contributed by atoms with Gasteiger partial charge in [-0.25, -0.2) is 14.2 Å². The Morgan fingerprint density at radius 2 is 2.03 bits per heavy atom. The Bertz CT molecular complexity index is 1440. The summed E-state index contributed by atoms with van der Waals surface area (Å²) in [7, 11) is 1.72. The van der Waals surface area contributed by atoms with Crippen LogP contribution in [0.5, 0.6) is 0 Å². The Hall–Kier alpha value is -3.33. The van der Waals surface area contributed by atoms with E-state index in [2.05, 4.69) is 22.0 Å². The normalized spacial score (nSPS) is 29.4. The molecule has 9 heteroatoms. The van der Waals surface area contributed by atoms with E-state index in [-0.39, 0.29) is 17.3 Å². The minimum Gasteiger partial charge on any atom is -0.390 e. The maximum absolute atomic E-state index is 14.8. The lowest BCUT2D eigenvalue weighted by atomic mass is 9.51. The largest absolute Gasteiger partial charge is 0.390 e. The lowest BCUT2D eigenvalue weighted by molar-refractivity contribution is -0.156. The Labute approximate surface area is 202 Å². The van der Waals surface area contributed by atoms with Crippen LogP contribution in [-0.2, 0) is 12.6 Å². The maximum Gasteiger partial charge on any atom is 0.330 e. The van der Waals surface area contributed by atoms with Crippen molar-refractivity contribution in [3.63, 3.8) is 0 Å². The van der Waals surface area contributed by atoms with Gasteiger partial charge < -0.3 is 10.4 Å². The summed E-state index contributed by atoms with van der Waals surface area (Å²) in [6.07, 6.45) is 10.3. The van der Waals surface area contributed by atoms with Crippen molar-refractivity contribution >= 4 is 41.3 Å². The first-order valence-electron chi connectivity index (χ1n) is 12.1. The molecule has 0 amide bonds. The minimum atomic E-state index is -0.715. The average molecular weight is 477 g/mol. The zero-order valence-corrected chi connectivity index (χ0v) is 20.0. The second-order valence-corrected chi connectivity index (χ2v) is 10.7. The summed E-state index contributed by atoms with van der Waals surface area (Å²) < 4.78 is 18.2. The number of anilines is 2. The van der Waals surface area contributed by atoms with Crippen LogP contribution in [0, 0.1) is 17.7 Å². The van der Waals surface area contributed by atoms with Crippen molar-refractivity contribution in [2.45, 2.75) is 56.6 Å². The fourth-order valence-electron chi connectivity index (χ4n) is 7.27. The van der Waals surface area contributed by atoms with E-state index in [1.165, 1.54) is 6.07 Å². The molecular formula is C26H29FN6O2. The van der Waals surface area contributed by atoms with E-state index in [9.17, 15) is 14.3 Å². The number of aliphatic hydroxyl groups is 1. The Morgan fingerprint density at radius 1 is 1.29 bits per heavy atom. The number of nitrogens with zero attached hydrogens (tertiary/aromatic N) is 5. The minimum absolute atomic E-state index is 0.153. The molecule has 2 aromatic heterocycles. The highest BCUT2D eigenvalue weighted by molar-refractivity contribution is 5.75. The van der Waals surface area contributed by atoms with Gasteiger partial charge in [0, 0.05) is 18.7 Å². The third-order valence-corrected chi connectivity index (χ3v) is 8.15. The molecule has 4 fully saturated rings. The number of benzene rings is 1. The van der Waals surface area contributed by atoms with Crippen LogP contribution < -0.4 is 11.0 Å². The summed E-state index contributed by atoms with van der Waals surface area (Å²) in [6.45, 7) is 5.39. The van der Waals surface area contributed by atoms with Crippen molar-refractivity contribution in [3.05, 3.63) is 46.3 Å². The van der Waals surface area contributed by atoms with E-state index >= 15 is 0 Å². The molecule has 1 aromatic carbocycles. The van der Waals surface area contributed by atoms with Crippen molar-refractivity contribution in [3.8, 4) is 0 Å². The monoisotopic (exact) mass is 476 g/mol. The summed E-state index contributed by atoms with van der Waals surface area (Å²) in [5.74, 6) is 0.529. The molecule has 3 aromatic rings. The van der Waals surface area contributed by atoms with Gasteiger partial charge in [0.1, 0.15) is 11.3 Å². The average Bonchev–Trinajstić information content (AvgIpc) is 3.04. The van der Waals surface area contributed by atoms with Gasteiger partial charge in [-0.05, 0) is 70.1 Å². The topological polar surface area (TPSA) is 97.3 Å². The third kappa shape index (κ3) is 3.36. The van der Waals surface area contributed by atoms with Gasteiger partial charge in [0.2, 0.25) is 5.95 Å². The van der Waals surface area contributed by atoms with Crippen LogP contribution in [-0.4, -0.2) is 36.5 Å². The fourth-order valence-corrected chi connectivity index (χ4v) is 7.27. The van der Waals surface area contributed by atoms with Crippen LogP contribution in [0.1, 0.15) is 51.0 Å². The van der Waals surface area contributed by atoms with Gasteiger partial charge in [-0.3, -0.25) is 14.1 Å². The molecule has 4 aliphatic rings. The number of hydrogen-bond acceptors (Lipinski definition) is 6. The highest BCUT2D eigenvalue weighted by Crippen LogP contribution is 2.60. The first kappa shape index (κ1) is 22.2. The van der Waals surface area contributed by atoms with Crippen LogP contribution in [0.3, 0.4) is 0 Å². The van der Waals surface area contributed by atoms with E-state index < -0.39 is 17.0 Å². The molecule has 0 spiro atoms. The number of allylic oxidation sites excluding steroid dienone is 1. The SMILES string of the molecule is C=Nc1cc(F)c(Nc2ncc3c(n2)n(C24CC5CC(CC(O)(C5)C2)C4)c(=O)n3C)cc1/C=C\C. The number of aromatic nitrogens is 4. The molecule has 0 aliphatic heterocycles. The molecule has 8 nitrogen and oxygen atoms in total. The van der Waals surface area contributed by atoms with Crippen molar-refractivity contribution < 1.29 is 9.50 Å². The smallest absolute Gasteiger partial charge is 0.330 e. The zero-order chi connectivity index (χ0) is 24.5. The summed E-state index contributed by atoms with van der Waals surface area (Å²) in [5, 5.41) is 14.2. The maximum atomic E-state index is 14.8. The predicted molar refractivity (Wildman–Crippen MR) is 134 cm³/mol. The number of aryl methyl sites for hydroxylation is 1. The molecule has 0 radical (unpaired) electrons. The first-order chi connectivity index (χ1) is 16.7. The highest BCUT2D eigenvalue weighted by atomic mass is 19.1. The highest BCUT2D eigenvalue weighted by Gasteiger charge is 2.59. The molecule has 2 atom stereocenters. The number of imidazole rings is 1. The number of nitrogens with one attached hydrogen (secondary N) is 1. The van der Waals surface area contributed by atoms with Gasteiger partial charge in [0.25, 0.3) is 0 Å². The first-order valence-corrected chi connectivity index (χ1v) is 12.1. The molecule has 0 saturated heterocycles. The van der Waals surface area contributed by atoms with E-state index in [1.54, 1.807) is 28.4 Å². The van der Waals surface area contributed by atoms with Crippen molar-refractivity contribution in [2.24, 2.45) is 23.9 Å². The van der Waals surface area contributed by atoms with E-state index in [4.69, 9.17) is 4.98 Å². The molecule has 4 aliphatic carbocycles. The molecule has 2 N–H and O–H groups in total. The molecular weight excluding hydrogens is 447 g/mol. The molecule has 7 rings (SSSR count). The van der Waals surface area contributed by atoms with E-state index in [0.29, 0.717) is 40.7 Å². The molecule has 2 heterocycles. The Morgan fingerprint density at radius 3 is 2.69 bits per heavy atom. The number of halogens is 1. The van der Waals surface area contributed by atoms with Gasteiger partial charge in [-0.1, -0.05) is 12.2 Å². The van der Waals surface area contributed by atoms with Gasteiger partial charge in [-0.2, -0.15) is 4.98 Å². The van der Waals surface area contributed by atoms with Crippen LogP contribution >= 0.6 is 0 Å². The quantitative estimate of drug-likeness (QED) is 0.532. The number of rotatable bonds is 5. The van der Waals surface area contributed by atoms with E-state index in [1.807, 2.05) is 19.1 Å². The van der Waals surface area contributed by atoms with Crippen LogP contribution in [0.15, 0.2) is 34.2 Å². The summed E-state index contributed by atoms with van der Waals surface area (Å²) in [5.41, 5.74) is 1.17. The number of aliphatic imine (C=N–C) groups is 1. The van der Waals surface area contributed by atoms with Gasteiger partial charge in [0.05, 0.1) is 28.7 Å². The van der Waals surface area contributed by atoms with Crippen LogP contribution in [0.4, 0.5) is 21.7 Å². The standard InChI is InChI=1S/C26H29FN6O2/c1-4-5-17-7-20(18(27)8-19(17)28-2)30-23-29-13-21-22(31-23)33(24(34)32(21)3)25-9-15-6-16(10-25)12-26(35,11-15)14-25/h4-5,7-8,13,15-16,35H,2,6,9-12,14H2,1,3H3,(H,29,30,31)/b5-4-. The predicted octanol–water partition coefficient (Wildman–Crippen LogP) is 4.42. The molecule has 2 unspecified atom stereocenters. The number of hydrogen-bond donors (Lipinski definition) is 2. The lowest BCUT2D eigenvalue weighted by Gasteiger charge is -2.60. The van der Waals surface area contributed by atoms with Crippen molar-refractivity contribution in [1.29, 1.82) is 0 Å². The summed E-state index contributed by atoms with van der Waals surface area (Å²) >= 11 is 0. The Kier molecular flexibility index (Phi) is 4.80. The van der Waals surface area contributed by atoms with Crippen molar-refractivity contribution in [2.75, 3.05) is 5.32 Å². The molecule has 182 valence electrons. The molecule has 4 saturated carbocycles. The second kappa shape index (κ2) is 7.58. The zero-order valence-electron chi connectivity index (χ0n) is 20.0. The van der Waals surface area contributed by atoms with Crippen molar-refractivity contribution in [1.82, 2.24) is 19.1 Å². The van der Waals surface area contributed by atoms with Gasteiger partial charge >= 0.3 is 5.69 Å². The second-order valence-electron chi connectivity index (χ2n) is 10.7. The fraction of sp³-hybridized carbons (Fsp3) is 0.462. The van der Waals surface area contributed by atoms with Crippen LogP contribution in [0.25, 0.3) is 17.2 Å². The summed E-state index contributed by atoms with van der Waals surface area (Å²) in [4.78, 5) is 26.5. The Balaban J connectivity index is 1.45. The molecule has 4 bridgehead atoms. The summed E-state index contributed by atoms with van der Waals surface area (Å²) in [6, 6.07) is 2.96. The lowest BCUT2D eigenvalue weighted by Crippen LogP contribution is -2.61. The van der Waals surface area contributed by atoms with Crippen LogP contribution in [0.2, 0.25) is 0 Å². The molecule has 35 heavy (non-hydrogen) atoms. The number of fused-ring (bicyclic) bond motifs is 1. The van der Waals surface area contributed by atoms with E-state index in [0.717, 1.165) is 32.1 Å².